The molecule has 0 aliphatic rings. The molecule has 0 amide bonds. The summed E-state index contributed by atoms with van der Waals surface area (Å²) in [4.78, 5) is 16.6. The number of nitrogen functional groups attached to an aromatic ring is 1. The van der Waals surface area contributed by atoms with Gasteiger partial charge < -0.3 is 5.73 Å². The Kier molecular flexibility index (Phi) is 3.31. The number of rotatable bonds is 3. The van der Waals surface area contributed by atoms with Crippen molar-refractivity contribution >= 4 is 17.6 Å². The van der Waals surface area contributed by atoms with Crippen LogP contribution in [0, 0.1) is 6.92 Å². The predicted octanol–water partition coefficient (Wildman–Crippen LogP) is 1.45. The van der Waals surface area contributed by atoms with Gasteiger partial charge in [0.2, 0.25) is 0 Å². The molecular weight excluding hydrogens is 222 g/mol. The fourth-order valence-corrected chi connectivity index (χ4v) is 1.98. The van der Waals surface area contributed by atoms with Gasteiger partial charge in [0.15, 0.2) is 5.16 Å². The average Bonchev–Trinajstić information content (AvgIpc) is 2.27. The first kappa shape index (κ1) is 10.8. The predicted molar refractivity (Wildman–Crippen MR) is 62.8 cm³/mol. The fraction of sp³-hybridized carbons (Fsp3) is 0.200. The summed E-state index contributed by atoms with van der Waals surface area (Å²) < 4.78 is 0. The van der Waals surface area contributed by atoms with Gasteiger partial charge in [0, 0.05) is 36.1 Å². The summed E-state index contributed by atoms with van der Waals surface area (Å²) in [7, 11) is 0. The van der Waals surface area contributed by atoms with E-state index < -0.39 is 0 Å². The number of anilines is 1. The molecule has 0 spiro atoms. The van der Waals surface area contributed by atoms with E-state index in [0.717, 1.165) is 11.4 Å². The van der Waals surface area contributed by atoms with Crippen LogP contribution in [-0.4, -0.2) is 19.9 Å². The zero-order chi connectivity index (χ0) is 11.4. The number of nitrogens with zero attached hydrogens (tertiary/aromatic N) is 4. The van der Waals surface area contributed by atoms with E-state index in [0.29, 0.717) is 16.7 Å². The summed E-state index contributed by atoms with van der Waals surface area (Å²) in [5, 5.41) is 0.670. The van der Waals surface area contributed by atoms with Crippen LogP contribution in [0.2, 0.25) is 0 Å². The second-order valence-corrected chi connectivity index (χ2v) is 4.14. The van der Waals surface area contributed by atoms with Gasteiger partial charge >= 0.3 is 0 Å². The Morgan fingerprint density at radius 3 is 2.88 bits per heavy atom. The Morgan fingerprint density at radius 2 is 2.19 bits per heavy atom. The van der Waals surface area contributed by atoms with Crippen molar-refractivity contribution in [2.24, 2.45) is 0 Å². The minimum Gasteiger partial charge on any atom is -0.384 e. The minimum atomic E-state index is 0.495. The molecule has 82 valence electrons. The van der Waals surface area contributed by atoms with Crippen LogP contribution >= 0.6 is 11.8 Å². The molecule has 0 radical (unpaired) electrons. The number of thioether (sulfide) groups is 1. The zero-order valence-corrected chi connectivity index (χ0v) is 9.61. The van der Waals surface area contributed by atoms with Crippen LogP contribution in [0.15, 0.2) is 29.8 Å². The first-order valence-electron chi connectivity index (χ1n) is 4.73. The summed E-state index contributed by atoms with van der Waals surface area (Å²) in [5.41, 5.74) is 7.40. The number of aromatic nitrogens is 4. The summed E-state index contributed by atoms with van der Waals surface area (Å²) in [5.74, 6) is 1.19. The van der Waals surface area contributed by atoms with Crippen LogP contribution in [0.25, 0.3) is 0 Å². The van der Waals surface area contributed by atoms with Crippen LogP contribution in [-0.2, 0) is 5.75 Å². The zero-order valence-electron chi connectivity index (χ0n) is 8.79. The molecule has 6 heteroatoms. The van der Waals surface area contributed by atoms with Crippen LogP contribution in [0.4, 0.5) is 5.82 Å². The molecule has 0 aliphatic carbocycles. The highest BCUT2D eigenvalue weighted by molar-refractivity contribution is 7.98. The largest absolute Gasteiger partial charge is 0.384 e. The molecule has 0 saturated heterocycles. The molecule has 2 N–H and O–H groups in total. The highest BCUT2D eigenvalue weighted by atomic mass is 32.2. The Labute approximate surface area is 97.6 Å². The third-order valence-electron chi connectivity index (χ3n) is 1.82. The Morgan fingerprint density at radius 1 is 1.31 bits per heavy atom. The van der Waals surface area contributed by atoms with E-state index in [1.807, 2.05) is 6.92 Å². The monoisotopic (exact) mass is 233 g/mol. The second kappa shape index (κ2) is 4.89. The van der Waals surface area contributed by atoms with E-state index in [1.165, 1.54) is 11.8 Å². The Bertz CT molecular complexity index is 454. The first-order chi connectivity index (χ1) is 7.74. The van der Waals surface area contributed by atoms with Gasteiger partial charge in [-0.25, -0.2) is 9.97 Å². The number of hydrogen-bond donors (Lipinski definition) is 1. The van der Waals surface area contributed by atoms with Gasteiger partial charge in [-0.3, -0.25) is 9.97 Å². The van der Waals surface area contributed by atoms with Crippen molar-refractivity contribution in [1.29, 1.82) is 0 Å². The molecule has 0 fully saturated rings. The second-order valence-electron chi connectivity index (χ2n) is 3.20. The molecule has 0 aromatic carbocycles. The first-order valence-corrected chi connectivity index (χ1v) is 5.71. The van der Waals surface area contributed by atoms with Gasteiger partial charge in [-0.1, -0.05) is 11.8 Å². The maximum Gasteiger partial charge on any atom is 0.190 e. The van der Waals surface area contributed by atoms with Crippen molar-refractivity contribution in [2.75, 3.05) is 5.73 Å². The van der Waals surface area contributed by atoms with Crippen molar-refractivity contribution in [3.05, 3.63) is 36.0 Å². The molecule has 0 saturated carbocycles. The van der Waals surface area contributed by atoms with Crippen molar-refractivity contribution in [1.82, 2.24) is 19.9 Å². The number of nitrogens with two attached hydrogens (primary N) is 1. The van der Waals surface area contributed by atoms with Crippen LogP contribution in [0.1, 0.15) is 11.4 Å². The summed E-state index contributed by atoms with van der Waals surface area (Å²) in [6.45, 7) is 1.89. The van der Waals surface area contributed by atoms with Gasteiger partial charge in [-0.05, 0) is 6.92 Å². The average molecular weight is 233 g/mol. The van der Waals surface area contributed by atoms with Crippen molar-refractivity contribution in [2.45, 2.75) is 17.8 Å². The maximum atomic E-state index is 5.64. The molecular formula is C10H11N5S. The van der Waals surface area contributed by atoms with Gasteiger partial charge in [0.05, 0.1) is 5.69 Å². The topological polar surface area (TPSA) is 77.6 Å². The Balaban J connectivity index is 2.05. The highest BCUT2D eigenvalue weighted by Crippen LogP contribution is 2.18. The molecule has 0 aliphatic heterocycles. The standard InChI is InChI=1S/C10H11N5S/c1-7-4-9(11)15-10(14-7)16-6-8-5-12-2-3-13-8/h2-5H,6H2,1H3,(H2,11,14,15). The molecule has 5 nitrogen and oxygen atoms in total. The van der Waals surface area contributed by atoms with E-state index in [4.69, 9.17) is 5.73 Å². The van der Waals surface area contributed by atoms with Crippen molar-refractivity contribution in [3.63, 3.8) is 0 Å². The lowest BCUT2D eigenvalue weighted by Gasteiger charge is -2.01. The van der Waals surface area contributed by atoms with E-state index in [9.17, 15) is 0 Å². The van der Waals surface area contributed by atoms with Gasteiger partial charge in [0.25, 0.3) is 0 Å². The Hall–Kier alpha value is -1.69. The molecule has 2 aromatic heterocycles. The van der Waals surface area contributed by atoms with Crippen LogP contribution < -0.4 is 5.73 Å². The minimum absolute atomic E-state index is 0.495. The third-order valence-corrected chi connectivity index (χ3v) is 2.70. The molecule has 16 heavy (non-hydrogen) atoms. The number of aryl methyl sites for hydroxylation is 1. The van der Waals surface area contributed by atoms with Gasteiger partial charge in [-0.15, -0.1) is 0 Å². The molecule has 2 heterocycles. The summed E-state index contributed by atoms with van der Waals surface area (Å²) >= 11 is 1.50. The lowest BCUT2D eigenvalue weighted by molar-refractivity contribution is 0.938. The molecule has 2 rings (SSSR count). The van der Waals surface area contributed by atoms with E-state index in [2.05, 4.69) is 19.9 Å². The highest BCUT2D eigenvalue weighted by Gasteiger charge is 2.02. The van der Waals surface area contributed by atoms with Crippen LogP contribution in [0.3, 0.4) is 0 Å². The molecule has 0 atom stereocenters. The van der Waals surface area contributed by atoms with E-state index in [1.54, 1.807) is 24.7 Å². The third kappa shape index (κ3) is 2.90. The van der Waals surface area contributed by atoms with Gasteiger partial charge in [0.1, 0.15) is 5.82 Å². The fourth-order valence-electron chi connectivity index (χ4n) is 1.17. The SMILES string of the molecule is Cc1cc(N)nc(SCc2cnccn2)n1. The summed E-state index contributed by atoms with van der Waals surface area (Å²) in [6.07, 6.45) is 5.04. The van der Waals surface area contributed by atoms with E-state index in [-0.39, 0.29) is 0 Å². The normalized spacial score (nSPS) is 10.3. The van der Waals surface area contributed by atoms with E-state index >= 15 is 0 Å². The smallest absolute Gasteiger partial charge is 0.190 e. The summed E-state index contributed by atoms with van der Waals surface area (Å²) in [6, 6.07) is 1.74. The van der Waals surface area contributed by atoms with Crippen molar-refractivity contribution in [3.8, 4) is 0 Å². The molecule has 0 bridgehead atoms. The van der Waals surface area contributed by atoms with Crippen molar-refractivity contribution < 1.29 is 0 Å². The number of hydrogen-bond acceptors (Lipinski definition) is 6. The quantitative estimate of drug-likeness (QED) is 0.638. The molecule has 2 aromatic rings. The maximum absolute atomic E-state index is 5.64. The lowest BCUT2D eigenvalue weighted by atomic mass is 10.4. The van der Waals surface area contributed by atoms with Crippen LogP contribution in [0.5, 0.6) is 0 Å². The lowest BCUT2D eigenvalue weighted by Crippen LogP contribution is -1.97. The van der Waals surface area contributed by atoms with Gasteiger partial charge in [-0.2, -0.15) is 0 Å². The molecule has 0 unspecified atom stereocenters.